The maximum absolute atomic E-state index is 12.3. The van der Waals surface area contributed by atoms with Crippen molar-refractivity contribution in [2.24, 2.45) is 0 Å². The van der Waals surface area contributed by atoms with Crippen LogP contribution >= 0.6 is 0 Å². The van der Waals surface area contributed by atoms with Crippen molar-refractivity contribution in [3.63, 3.8) is 0 Å². The Morgan fingerprint density at radius 1 is 1.00 bits per heavy atom. The lowest BCUT2D eigenvalue weighted by atomic mass is 10.0. The van der Waals surface area contributed by atoms with Crippen molar-refractivity contribution in [1.82, 2.24) is 0 Å². The highest BCUT2D eigenvalue weighted by Gasteiger charge is 2.28. The van der Waals surface area contributed by atoms with Gasteiger partial charge in [-0.1, -0.05) is 43.3 Å². The summed E-state index contributed by atoms with van der Waals surface area (Å²) in [6.45, 7) is 1.80. The van der Waals surface area contributed by atoms with E-state index in [1.165, 1.54) is 0 Å². The minimum absolute atomic E-state index is 0.0261. The highest BCUT2D eigenvalue weighted by molar-refractivity contribution is 6.24. The Balaban J connectivity index is 2.19. The van der Waals surface area contributed by atoms with E-state index in [1.54, 1.807) is 19.1 Å². The SMILES string of the molecule is CCC(=O)Nc1cccc2c1-c1ccccc1C2=O. The number of carbonyl (C=O) groups excluding carboxylic acids is 2. The van der Waals surface area contributed by atoms with Crippen LogP contribution in [-0.4, -0.2) is 11.7 Å². The van der Waals surface area contributed by atoms with Gasteiger partial charge < -0.3 is 5.32 Å². The van der Waals surface area contributed by atoms with Gasteiger partial charge in [0.15, 0.2) is 5.78 Å². The molecule has 0 unspecified atom stereocenters. The number of rotatable bonds is 2. The summed E-state index contributed by atoms with van der Waals surface area (Å²) >= 11 is 0. The van der Waals surface area contributed by atoms with Gasteiger partial charge in [-0.25, -0.2) is 0 Å². The Labute approximate surface area is 111 Å². The zero-order chi connectivity index (χ0) is 13.4. The Morgan fingerprint density at radius 3 is 2.42 bits per heavy atom. The minimum Gasteiger partial charge on any atom is -0.326 e. The van der Waals surface area contributed by atoms with E-state index in [0.29, 0.717) is 23.2 Å². The second-order valence-corrected chi connectivity index (χ2v) is 4.50. The molecule has 0 spiro atoms. The monoisotopic (exact) mass is 251 g/mol. The summed E-state index contributed by atoms with van der Waals surface area (Å²) in [5.41, 5.74) is 3.81. The standard InChI is InChI=1S/C16H13NO2/c1-2-14(18)17-13-9-5-8-12-15(13)10-6-3-4-7-11(10)16(12)19/h3-9H,2H2,1H3,(H,17,18). The lowest BCUT2D eigenvalue weighted by molar-refractivity contribution is -0.115. The van der Waals surface area contributed by atoms with Crippen molar-refractivity contribution >= 4 is 17.4 Å². The number of hydrogen-bond donors (Lipinski definition) is 1. The molecule has 0 bridgehead atoms. The van der Waals surface area contributed by atoms with Crippen molar-refractivity contribution in [3.8, 4) is 11.1 Å². The van der Waals surface area contributed by atoms with Crippen molar-refractivity contribution in [2.45, 2.75) is 13.3 Å². The third kappa shape index (κ3) is 1.74. The quantitative estimate of drug-likeness (QED) is 0.760. The number of amides is 1. The molecule has 3 nitrogen and oxygen atoms in total. The summed E-state index contributed by atoms with van der Waals surface area (Å²) in [6.07, 6.45) is 0.416. The topological polar surface area (TPSA) is 46.2 Å². The van der Waals surface area contributed by atoms with E-state index < -0.39 is 0 Å². The van der Waals surface area contributed by atoms with Gasteiger partial charge in [0, 0.05) is 28.8 Å². The van der Waals surface area contributed by atoms with Gasteiger partial charge in [0.2, 0.25) is 5.91 Å². The molecule has 3 heteroatoms. The normalized spacial score (nSPS) is 11.9. The van der Waals surface area contributed by atoms with Gasteiger partial charge >= 0.3 is 0 Å². The predicted octanol–water partition coefficient (Wildman–Crippen LogP) is 3.25. The minimum atomic E-state index is -0.0507. The lowest BCUT2D eigenvalue weighted by Gasteiger charge is -2.09. The molecule has 0 aliphatic heterocycles. The molecule has 1 aliphatic carbocycles. The molecule has 2 aromatic rings. The molecule has 2 aromatic carbocycles. The molecule has 0 atom stereocenters. The smallest absolute Gasteiger partial charge is 0.224 e. The van der Waals surface area contributed by atoms with E-state index in [2.05, 4.69) is 5.32 Å². The van der Waals surface area contributed by atoms with Crippen LogP contribution in [0.1, 0.15) is 29.3 Å². The highest BCUT2D eigenvalue weighted by Crippen LogP contribution is 2.41. The van der Waals surface area contributed by atoms with Crippen LogP contribution in [0.4, 0.5) is 5.69 Å². The van der Waals surface area contributed by atoms with Crippen LogP contribution in [0, 0.1) is 0 Å². The molecule has 0 fully saturated rings. The molecular weight excluding hydrogens is 238 g/mol. The fraction of sp³-hybridized carbons (Fsp3) is 0.125. The molecule has 0 heterocycles. The van der Waals surface area contributed by atoms with Crippen molar-refractivity contribution in [3.05, 3.63) is 53.6 Å². The van der Waals surface area contributed by atoms with Gasteiger partial charge in [0.25, 0.3) is 0 Å². The summed E-state index contributed by atoms with van der Waals surface area (Å²) < 4.78 is 0. The van der Waals surface area contributed by atoms with Gasteiger partial charge in [0.05, 0.1) is 0 Å². The summed E-state index contributed by atoms with van der Waals surface area (Å²) in [4.78, 5) is 23.9. The average molecular weight is 251 g/mol. The van der Waals surface area contributed by atoms with Crippen LogP contribution in [-0.2, 0) is 4.79 Å². The first-order chi connectivity index (χ1) is 9.22. The lowest BCUT2D eigenvalue weighted by Crippen LogP contribution is -2.10. The molecule has 1 N–H and O–H groups in total. The van der Waals surface area contributed by atoms with Gasteiger partial charge in [0.1, 0.15) is 0 Å². The first-order valence-electron chi connectivity index (χ1n) is 6.29. The Hall–Kier alpha value is -2.42. The van der Waals surface area contributed by atoms with Crippen LogP contribution in [0.3, 0.4) is 0 Å². The van der Waals surface area contributed by atoms with E-state index in [9.17, 15) is 9.59 Å². The van der Waals surface area contributed by atoms with Gasteiger partial charge in [-0.15, -0.1) is 0 Å². The molecule has 0 saturated carbocycles. The fourth-order valence-corrected chi connectivity index (χ4v) is 2.42. The van der Waals surface area contributed by atoms with E-state index in [-0.39, 0.29) is 11.7 Å². The van der Waals surface area contributed by atoms with E-state index >= 15 is 0 Å². The molecule has 19 heavy (non-hydrogen) atoms. The second kappa shape index (κ2) is 4.35. The zero-order valence-corrected chi connectivity index (χ0v) is 10.6. The van der Waals surface area contributed by atoms with Crippen LogP contribution in [0.5, 0.6) is 0 Å². The summed E-state index contributed by atoms with van der Waals surface area (Å²) in [5, 5.41) is 2.86. The third-order valence-electron chi connectivity index (χ3n) is 3.35. The van der Waals surface area contributed by atoms with E-state index in [1.807, 2.05) is 30.3 Å². The maximum Gasteiger partial charge on any atom is 0.224 e. The summed E-state index contributed by atoms with van der Waals surface area (Å²) in [5.74, 6) is -0.0246. The van der Waals surface area contributed by atoms with Crippen LogP contribution in [0.2, 0.25) is 0 Å². The Morgan fingerprint density at radius 2 is 1.68 bits per heavy atom. The number of nitrogens with one attached hydrogen (secondary N) is 1. The third-order valence-corrected chi connectivity index (χ3v) is 3.35. The molecule has 0 saturated heterocycles. The predicted molar refractivity (Wildman–Crippen MR) is 74.2 cm³/mol. The largest absolute Gasteiger partial charge is 0.326 e. The molecule has 94 valence electrons. The number of ketones is 1. The first kappa shape index (κ1) is 11.7. The maximum atomic E-state index is 12.3. The zero-order valence-electron chi connectivity index (χ0n) is 10.6. The van der Waals surface area contributed by atoms with Gasteiger partial charge in [-0.2, -0.15) is 0 Å². The number of anilines is 1. The number of hydrogen-bond acceptors (Lipinski definition) is 2. The molecule has 1 aliphatic rings. The van der Waals surface area contributed by atoms with E-state index in [4.69, 9.17) is 0 Å². The average Bonchev–Trinajstić information content (AvgIpc) is 2.74. The fourth-order valence-electron chi connectivity index (χ4n) is 2.42. The molecule has 1 amide bonds. The number of fused-ring (bicyclic) bond motifs is 3. The molecule has 0 radical (unpaired) electrons. The Bertz CT molecular complexity index is 689. The van der Waals surface area contributed by atoms with Crippen LogP contribution in [0.15, 0.2) is 42.5 Å². The number of carbonyl (C=O) groups is 2. The first-order valence-corrected chi connectivity index (χ1v) is 6.29. The second-order valence-electron chi connectivity index (χ2n) is 4.50. The van der Waals surface area contributed by atoms with E-state index in [0.717, 1.165) is 11.1 Å². The molecule has 0 aromatic heterocycles. The van der Waals surface area contributed by atoms with Crippen molar-refractivity contribution in [2.75, 3.05) is 5.32 Å². The van der Waals surface area contributed by atoms with Crippen LogP contribution in [0.25, 0.3) is 11.1 Å². The molecule has 3 rings (SSSR count). The Kier molecular flexibility index (Phi) is 2.67. The highest BCUT2D eigenvalue weighted by atomic mass is 16.1. The van der Waals surface area contributed by atoms with Gasteiger partial charge in [-0.05, 0) is 11.6 Å². The molecular formula is C16H13NO2. The summed E-state index contributed by atoms with van der Waals surface area (Å²) in [7, 11) is 0. The van der Waals surface area contributed by atoms with Crippen molar-refractivity contribution < 1.29 is 9.59 Å². The van der Waals surface area contributed by atoms with Gasteiger partial charge in [-0.3, -0.25) is 9.59 Å². The van der Waals surface area contributed by atoms with Crippen molar-refractivity contribution in [1.29, 1.82) is 0 Å². The summed E-state index contributed by atoms with van der Waals surface area (Å²) in [6, 6.07) is 12.9. The number of benzene rings is 2. The van der Waals surface area contributed by atoms with Crippen LogP contribution < -0.4 is 5.32 Å².